The molecular formula is C9H8FO4S-. The maximum atomic E-state index is 12.7. The molecule has 0 aliphatic carbocycles. The van der Waals surface area contributed by atoms with Gasteiger partial charge in [-0.25, -0.2) is 8.60 Å². The summed E-state index contributed by atoms with van der Waals surface area (Å²) >= 11 is -2.85. The Balaban J connectivity index is 2.72. The van der Waals surface area contributed by atoms with E-state index in [1.807, 2.05) is 0 Å². The maximum absolute atomic E-state index is 12.7. The van der Waals surface area contributed by atoms with Gasteiger partial charge in [0.25, 0.3) is 0 Å². The van der Waals surface area contributed by atoms with Crippen molar-refractivity contribution in [1.82, 2.24) is 0 Å². The highest BCUT2D eigenvalue weighted by atomic mass is 32.2. The quantitative estimate of drug-likeness (QED) is 0.728. The van der Waals surface area contributed by atoms with Gasteiger partial charge in [-0.05, 0) is 30.2 Å². The van der Waals surface area contributed by atoms with Crippen molar-refractivity contribution in [1.29, 1.82) is 0 Å². The fourth-order valence-corrected chi connectivity index (χ4v) is 1.33. The molecule has 0 radical (unpaired) electrons. The number of hydrogen-bond donors (Lipinski definition) is 0. The number of carbonyl (C=O) groups excluding carboxylic acids is 1. The van der Waals surface area contributed by atoms with E-state index in [-0.39, 0.29) is 6.42 Å². The average Bonchev–Trinajstić information content (AvgIpc) is 2.08. The average molecular weight is 231 g/mol. The minimum absolute atomic E-state index is 0.194. The number of aryl methyl sites for hydroxylation is 1. The third kappa shape index (κ3) is 3.77. The molecule has 0 fully saturated rings. The van der Waals surface area contributed by atoms with E-state index < -0.39 is 23.1 Å². The van der Waals surface area contributed by atoms with Crippen molar-refractivity contribution >= 4 is 17.3 Å². The summed E-state index contributed by atoms with van der Waals surface area (Å²) in [4.78, 5) is 11.0. The summed E-state index contributed by atoms with van der Waals surface area (Å²) in [6, 6.07) is 3.88. The Morgan fingerprint density at radius 3 is 2.80 bits per heavy atom. The SMILES string of the molecule is Cc1cc(F)ccc1CC(=O)OS(=O)[O-]. The summed E-state index contributed by atoms with van der Waals surface area (Å²) in [6.07, 6.45) is -0.194. The standard InChI is InChI=1S/C9H9FO4S/c1-6-4-8(10)3-2-7(6)5-9(11)14-15(12)13/h2-4H,5H2,1H3,(H,12,13)/p-1. The van der Waals surface area contributed by atoms with Gasteiger partial charge in [-0.15, -0.1) is 0 Å². The van der Waals surface area contributed by atoms with Crippen LogP contribution in [0.4, 0.5) is 4.39 Å². The molecule has 0 aromatic heterocycles. The predicted octanol–water partition coefficient (Wildman–Crippen LogP) is 1.01. The van der Waals surface area contributed by atoms with Crippen molar-refractivity contribution in [2.75, 3.05) is 0 Å². The highest BCUT2D eigenvalue weighted by Gasteiger charge is 2.08. The van der Waals surface area contributed by atoms with Crippen LogP contribution in [0.3, 0.4) is 0 Å². The lowest BCUT2D eigenvalue weighted by Crippen LogP contribution is -2.10. The molecule has 6 heteroatoms. The van der Waals surface area contributed by atoms with Crippen LogP contribution in [0.25, 0.3) is 0 Å². The Bertz CT molecular complexity index is 405. The minimum Gasteiger partial charge on any atom is -0.740 e. The van der Waals surface area contributed by atoms with Crippen LogP contribution in [-0.2, 0) is 26.8 Å². The molecule has 1 aromatic rings. The molecule has 0 N–H and O–H groups in total. The lowest BCUT2D eigenvalue weighted by molar-refractivity contribution is -0.133. The van der Waals surface area contributed by atoms with E-state index in [0.717, 1.165) is 0 Å². The fourth-order valence-electron chi connectivity index (χ4n) is 1.12. The Labute approximate surface area is 88.6 Å². The van der Waals surface area contributed by atoms with Gasteiger partial charge in [-0.1, -0.05) is 6.07 Å². The van der Waals surface area contributed by atoms with Crippen LogP contribution >= 0.6 is 0 Å². The zero-order valence-electron chi connectivity index (χ0n) is 7.86. The van der Waals surface area contributed by atoms with Crippen molar-refractivity contribution in [2.45, 2.75) is 13.3 Å². The van der Waals surface area contributed by atoms with Gasteiger partial charge in [0.05, 0.1) is 6.42 Å². The van der Waals surface area contributed by atoms with Crippen LogP contribution in [0.15, 0.2) is 18.2 Å². The molecular weight excluding hydrogens is 223 g/mol. The normalized spacial score (nSPS) is 12.2. The first-order chi connectivity index (χ1) is 6.99. The smallest absolute Gasteiger partial charge is 0.323 e. The maximum Gasteiger partial charge on any atom is 0.323 e. The van der Waals surface area contributed by atoms with Crippen molar-refractivity contribution in [3.8, 4) is 0 Å². The second-order valence-corrected chi connectivity index (χ2v) is 3.48. The topological polar surface area (TPSA) is 66.4 Å². The van der Waals surface area contributed by atoms with Gasteiger partial charge < -0.3 is 8.74 Å². The van der Waals surface area contributed by atoms with Crippen LogP contribution in [0.1, 0.15) is 11.1 Å². The summed E-state index contributed by atoms with van der Waals surface area (Å²) in [5, 5.41) is 0. The first kappa shape index (κ1) is 11.8. The molecule has 1 aromatic carbocycles. The van der Waals surface area contributed by atoms with Crippen molar-refractivity contribution in [3.63, 3.8) is 0 Å². The molecule has 1 atom stereocenters. The van der Waals surface area contributed by atoms with Gasteiger partial charge in [-0.2, -0.15) is 0 Å². The number of hydrogen-bond acceptors (Lipinski definition) is 4. The predicted molar refractivity (Wildman–Crippen MR) is 49.9 cm³/mol. The van der Waals surface area contributed by atoms with Crippen LogP contribution < -0.4 is 0 Å². The number of halogens is 1. The lowest BCUT2D eigenvalue weighted by atomic mass is 10.1. The van der Waals surface area contributed by atoms with Gasteiger partial charge in [0.1, 0.15) is 17.2 Å². The van der Waals surface area contributed by atoms with Crippen molar-refractivity contribution in [2.24, 2.45) is 0 Å². The van der Waals surface area contributed by atoms with Gasteiger partial charge >= 0.3 is 5.97 Å². The largest absolute Gasteiger partial charge is 0.740 e. The molecule has 0 heterocycles. The molecule has 0 saturated heterocycles. The molecule has 15 heavy (non-hydrogen) atoms. The Morgan fingerprint density at radius 2 is 2.27 bits per heavy atom. The Kier molecular flexibility index (Phi) is 3.93. The summed E-state index contributed by atoms with van der Waals surface area (Å²) in [7, 11) is 0. The van der Waals surface area contributed by atoms with Crippen LogP contribution in [0.5, 0.6) is 0 Å². The molecule has 0 spiro atoms. The molecule has 1 rings (SSSR count). The van der Waals surface area contributed by atoms with Gasteiger partial charge in [0.15, 0.2) is 0 Å². The number of carbonyl (C=O) groups is 1. The second-order valence-electron chi connectivity index (χ2n) is 2.91. The van der Waals surface area contributed by atoms with Gasteiger partial charge in [0.2, 0.25) is 0 Å². The molecule has 1 unspecified atom stereocenters. The first-order valence-corrected chi connectivity index (χ1v) is 5.04. The number of benzene rings is 1. The van der Waals surface area contributed by atoms with E-state index in [1.54, 1.807) is 6.92 Å². The van der Waals surface area contributed by atoms with E-state index in [0.29, 0.717) is 11.1 Å². The van der Waals surface area contributed by atoms with E-state index in [9.17, 15) is 17.9 Å². The van der Waals surface area contributed by atoms with Crippen LogP contribution in [0, 0.1) is 12.7 Å². The molecule has 0 aliphatic heterocycles. The summed E-state index contributed by atoms with van der Waals surface area (Å²) in [5.41, 5.74) is 1.11. The van der Waals surface area contributed by atoms with E-state index >= 15 is 0 Å². The molecule has 0 saturated carbocycles. The third-order valence-electron chi connectivity index (χ3n) is 1.80. The van der Waals surface area contributed by atoms with Gasteiger partial charge in [-0.3, -0.25) is 4.79 Å². The molecule has 82 valence electrons. The molecule has 4 nitrogen and oxygen atoms in total. The van der Waals surface area contributed by atoms with E-state index in [1.165, 1.54) is 18.2 Å². The number of rotatable bonds is 3. The summed E-state index contributed by atoms with van der Waals surface area (Å²) in [6.45, 7) is 1.62. The summed E-state index contributed by atoms with van der Waals surface area (Å²) in [5.74, 6) is -1.30. The minimum atomic E-state index is -2.85. The van der Waals surface area contributed by atoms with Crippen LogP contribution in [-0.4, -0.2) is 14.7 Å². The lowest BCUT2D eigenvalue weighted by Gasteiger charge is -2.07. The summed E-state index contributed by atoms with van der Waals surface area (Å²) < 4.78 is 36.7. The fraction of sp³-hybridized carbons (Fsp3) is 0.222. The molecule has 0 bridgehead atoms. The zero-order chi connectivity index (χ0) is 11.4. The highest BCUT2D eigenvalue weighted by molar-refractivity contribution is 7.74. The molecule has 0 aliphatic rings. The first-order valence-electron chi connectivity index (χ1n) is 4.04. The van der Waals surface area contributed by atoms with Crippen molar-refractivity contribution in [3.05, 3.63) is 35.1 Å². The Morgan fingerprint density at radius 1 is 1.60 bits per heavy atom. The van der Waals surface area contributed by atoms with Crippen molar-refractivity contribution < 1.29 is 22.1 Å². The molecule has 0 amide bonds. The third-order valence-corrected chi connectivity index (χ3v) is 2.12. The monoisotopic (exact) mass is 231 g/mol. The van der Waals surface area contributed by atoms with E-state index in [2.05, 4.69) is 4.18 Å². The van der Waals surface area contributed by atoms with Crippen LogP contribution in [0.2, 0.25) is 0 Å². The Hall–Kier alpha value is -1.27. The second kappa shape index (κ2) is 4.99. The van der Waals surface area contributed by atoms with Gasteiger partial charge in [0, 0.05) is 0 Å². The highest BCUT2D eigenvalue weighted by Crippen LogP contribution is 2.11. The zero-order valence-corrected chi connectivity index (χ0v) is 8.67. The van der Waals surface area contributed by atoms with E-state index in [4.69, 9.17) is 0 Å².